The van der Waals surface area contributed by atoms with Gasteiger partial charge < -0.3 is 9.88 Å². The Morgan fingerprint density at radius 2 is 1.86 bits per heavy atom. The molecule has 1 amide bonds. The number of amides is 1. The zero-order valence-corrected chi connectivity index (χ0v) is 21.2. The van der Waals surface area contributed by atoms with E-state index in [1.807, 2.05) is 48.9 Å². The number of carbonyl (C=O) groups is 1. The molecule has 0 bridgehead atoms. The normalized spacial score (nSPS) is 13.5. The molecular formula is C29H32N6O. The quantitative estimate of drug-likeness (QED) is 0.370. The average Bonchev–Trinajstić information content (AvgIpc) is 3.28. The summed E-state index contributed by atoms with van der Waals surface area (Å²) in [5.74, 6) is 1.73. The molecule has 0 spiro atoms. The molecule has 2 aromatic heterocycles. The molecule has 2 aromatic carbocycles. The predicted octanol–water partition coefficient (Wildman–Crippen LogP) is 5.49. The minimum Gasteiger partial charge on any atom is -0.322 e. The summed E-state index contributed by atoms with van der Waals surface area (Å²) in [6.45, 7) is 7.73. The molecule has 184 valence electrons. The lowest BCUT2D eigenvalue weighted by Gasteiger charge is -2.09. The van der Waals surface area contributed by atoms with Gasteiger partial charge in [0.05, 0.1) is 12.2 Å². The maximum absolute atomic E-state index is 12.8. The number of fused-ring (bicyclic) bond motifs is 1. The van der Waals surface area contributed by atoms with E-state index in [1.54, 1.807) is 6.08 Å². The van der Waals surface area contributed by atoms with Crippen molar-refractivity contribution in [3.05, 3.63) is 88.5 Å². The summed E-state index contributed by atoms with van der Waals surface area (Å²) in [6, 6.07) is 16.3. The van der Waals surface area contributed by atoms with Gasteiger partial charge in [0.2, 0.25) is 5.91 Å². The van der Waals surface area contributed by atoms with Crippen LogP contribution in [0.25, 0.3) is 17.5 Å². The monoisotopic (exact) mass is 480 g/mol. The lowest BCUT2D eigenvalue weighted by molar-refractivity contribution is -0.111. The molecular weight excluding hydrogens is 448 g/mol. The number of aryl methyl sites for hydroxylation is 3. The van der Waals surface area contributed by atoms with Crippen molar-refractivity contribution in [2.24, 2.45) is 0 Å². The second kappa shape index (κ2) is 10.3. The summed E-state index contributed by atoms with van der Waals surface area (Å²) in [5, 5.41) is 16.5. The standard InChI is InChI=1S/C29H32N6O/c1-20-11-13-23(14-12-20)19-35-22(3)26(21(2)33-35)15-16-28(36)30-25-9-7-8-24(18-25)29-32-31-27-10-5-4-6-17-34(27)29/h7-9,11-16,18H,4-6,10,17,19H2,1-3H3,(H,30,36)/b16-15+. The van der Waals surface area contributed by atoms with Gasteiger partial charge >= 0.3 is 0 Å². The number of aromatic nitrogens is 5. The van der Waals surface area contributed by atoms with Gasteiger partial charge in [-0.15, -0.1) is 10.2 Å². The number of anilines is 1. The Labute approximate surface area is 211 Å². The number of nitrogens with zero attached hydrogens (tertiary/aromatic N) is 5. The topological polar surface area (TPSA) is 77.6 Å². The zero-order chi connectivity index (χ0) is 25.1. The van der Waals surface area contributed by atoms with Crippen molar-refractivity contribution in [3.63, 3.8) is 0 Å². The highest BCUT2D eigenvalue weighted by atomic mass is 16.1. The summed E-state index contributed by atoms with van der Waals surface area (Å²) >= 11 is 0. The van der Waals surface area contributed by atoms with Gasteiger partial charge in [-0.1, -0.05) is 48.4 Å². The fraction of sp³-hybridized carbons (Fsp3) is 0.310. The Morgan fingerprint density at radius 1 is 1.03 bits per heavy atom. The van der Waals surface area contributed by atoms with Crippen molar-refractivity contribution in [3.8, 4) is 11.4 Å². The van der Waals surface area contributed by atoms with Crippen molar-refractivity contribution < 1.29 is 4.79 Å². The third-order valence-corrected chi connectivity index (χ3v) is 6.79. The van der Waals surface area contributed by atoms with Gasteiger partial charge in [0.25, 0.3) is 0 Å². The molecule has 7 heteroatoms. The number of carbonyl (C=O) groups excluding carboxylic acids is 1. The van der Waals surface area contributed by atoms with Crippen molar-refractivity contribution in [1.29, 1.82) is 0 Å². The van der Waals surface area contributed by atoms with Crippen LogP contribution in [0, 0.1) is 20.8 Å². The largest absolute Gasteiger partial charge is 0.322 e. The molecule has 3 heterocycles. The predicted molar refractivity (Wildman–Crippen MR) is 143 cm³/mol. The van der Waals surface area contributed by atoms with E-state index in [0.29, 0.717) is 6.54 Å². The number of hydrogen-bond donors (Lipinski definition) is 1. The summed E-state index contributed by atoms with van der Waals surface area (Å²) in [4.78, 5) is 12.8. The van der Waals surface area contributed by atoms with Crippen molar-refractivity contribution in [2.75, 3.05) is 5.32 Å². The number of benzene rings is 2. The van der Waals surface area contributed by atoms with Gasteiger partial charge in [-0.3, -0.25) is 9.48 Å². The van der Waals surface area contributed by atoms with Gasteiger partial charge in [0.15, 0.2) is 5.82 Å². The number of hydrogen-bond acceptors (Lipinski definition) is 4. The maximum Gasteiger partial charge on any atom is 0.248 e. The van der Waals surface area contributed by atoms with E-state index >= 15 is 0 Å². The number of rotatable bonds is 6. The first-order valence-electron chi connectivity index (χ1n) is 12.6. The van der Waals surface area contributed by atoms with Crippen LogP contribution in [0.4, 0.5) is 5.69 Å². The van der Waals surface area contributed by atoms with Crippen LogP contribution in [0.2, 0.25) is 0 Å². The van der Waals surface area contributed by atoms with E-state index in [2.05, 4.69) is 51.3 Å². The van der Waals surface area contributed by atoms with Crippen LogP contribution in [-0.2, 0) is 24.3 Å². The highest BCUT2D eigenvalue weighted by molar-refractivity contribution is 6.02. The van der Waals surface area contributed by atoms with E-state index in [9.17, 15) is 4.79 Å². The molecule has 0 radical (unpaired) electrons. The van der Waals surface area contributed by atoms with Crippen LogP contribution < -0.4 is 5.32 Å². The van der Waals surface area contributed by atoms with Gasteiger partial charge in [-0.25, -0.2) is 0 Å². The maximum atomic E-state index is 12.8. The summed E-state index contributed by atoms with van der Waals surface area (Å²) in [7, 11) is 0. The van der Waals surface area contributed by atoms with Crippen molar-refractivity contribution in [2.45, 2.75) is 59.5 Å². The molecule has 4 aromatic rings. The minimum atomic E-state index is -0.183. The molecule has 0 fully saturated rings. The van der Waals surface area contributed by atoms with Crippen molar-refractivity contribution >= 4 is 17.7 Å². The third-order valence-electron chi connectivity index (χ3n) is 6.79. The molecule has 0 saturated heterocycles. The van der Waals surface area contributed by atoms with E-state index in [4.69, 9.17) is 5.10 Å². The lowest BCUT2D eigenvalue weighted by atomic mass is 10.1. The fourth-order valence-electron chi connectivity index (χ4n) is 4.75. The summed E-state index contributed by atoms with van der Waals surface area (Å²) in [6.07, 6.45) is 7.90. The van der Waals surface area contributed by atoms with Gasteiger partial charge in [-0.2, -0.15) is 5.10 Å². The van der Waals surface area contributed by atoms with E-state index < -0.39 is 0 Å². The minimum absolute atomic E-state index is 0.183. The summed E-state index contributed by atoms with van der Waals surface area (Å²) in [5.41, 5.74) is 7.03. The second-order valence-corrected chi connectivity index (χ2v) is 9.53. The van der Waals surface area contributed by atoms with Crippen LogP contribution >= 0.6 is 0 Å². The first-order valence-corrected chi connectivity index (χ1v) is 12.6. The third kappa shape index (κ3) is 5.15. The Balaban J connectivity index is 1.29. The number of nitrogens with one attached hydrogen (secondary N) is 1. The highest BCUT2D eigenvalue weighted by Crippen LogP contribution is 2.25. The SMILES string of the molecule is Cc1ccc(Cn2nc(C)c(/C=C/C(=O)Nc3cccc(-c4nnc5n4CCCCC5)c3)c2C)cc1. The molecule has 0 aliphatic carbocycles. The van der Waals surface area contributed by atoms with Crippen LogP contribution in [0.1, 0.15) is 53.2 Å². The molecule has 1 aliphatic heterocycles. The van der Waals surface area contributed by atoms with Crippen LogP contribution in [-0.4, -0.2) is 30.5 Å². The lowest BCUT2D eigenvalue weighted by Crippen LogP contribution is -2.08. The Hall–Kier alpha value is -4.00. The van der Waals surface area contributed by atoms with Crippen molar-refractivity contribution in [1.82, 2.24) is 24.5 Å². The molecule has 5 rings (SSSR count). The smallest absolute Gasteiger partial charge is 0.248 e. The van der Waals surface area contributed by atoms with Crippen LogP contribution in [0.15, 0.2) is 54.6 Å². The zero-order valence-electron chi connectivity index (χ0n) is 21.2. The van der Waals surface area contributed by atoms with Crippen LogP contribution in [0.5, 0.6) is 0 Å². The molecule has 36 heavy (non-hydrogen) atoms. The average molecular weight is 481 g/mol. The Bertz CT molecular complexity index is 1410. The molecule has 1 N–H and O–H groups in total. The first-order chi connectivity index (χ1) is 17.5. The molecule has 0 atom stereocenters. The Morgan fingerprint density at radius 3 is 2.69 bits per heavy atom. The highest BCUT2D eigenvalue weighted by Gasteiger charge is 2.16. The van der Waals surface area contributed by atoms with Gasteiger partial charge in [-0.05, 0) is 57.4 Å². The first kappa shape index (κ1) is 23.7. The summed E-state index contributed by atoms with van der Waals surface area (Å²) < 4.78 is 4.20. The molecule has 1 aliphatic rings. The van der Waals surface area contributed by atoms with Gasteiger partial charge in [0.1, 0.15) is 5.82 Å². The van der Waals surface area contributed by atoms with Gasteiger partial charge in [0, 0.05) is 41.5 Å². The Kier molecular flexibility index (Phi) is 6.80. The second-order valence-electron chi connectivity index (χ2n) is 9.53. The van der Waals surface area contributed by atoms with E-state index in [-0.39, 0.29) is 5.91 Å². The van der Waals surface area contributed by atoms with E-state index in [0.717, 1.165) is 65.7 Å². The molecule has 0 unspecified atom stereocenters. The molecule has 7 nitrogen and oxygen atoms in total. The molecule has 0 saturated carbocycles. The fourth-order valence-corrected chi connectivity index (χ4v) is 4.75. The van der Waals surface area contributed by atoms with Crippen LogP contribution in [0.3, 0.4) is 0 Å². The van der Waals surface area contributed by atoms with E-state index in [1.165, 1.54) is 17.5 Å².